The van der Waals surface area contributed by atoms with Gasteiger partial charge in [0.15, 0.2) is 5.96 Å². The summed E-state index contributed by atoms with van der Waals surface area (Å²) >= 11 is 0. The number of nitrogens with two attached hydrogens (primary N) is 1. The number of amides is 1. The van der Waals surface area contributed by atoms with Crippen molar-refractivity contribution in [2.24, 2.45) is 10.7 Å². The number of aliphatic imine (C=N–C) groups is 1. The number of carbonyl (C=O) groups excluding carboxylic acids is 4. The van der Waals surface area contributed by atoms with Gasteiger partial charge < -0.3 is 35.3 Å². The van der Waals surface area contributed by atoms with Crippen molar-refractivity contribution in [2.75, 3.05) is 19.9 Å². The van der Waals surface area contributed by atoms with Crippen molar-refractivity contribution < 1.29 is 38.1 Å². The first-order valence-electron chi connectivity index (χ1n) is 11.8. The molecule has 0 radical (unpaired) electrons. The fourth-order valence-corrected chi connectivity index (χ4v) is 3.48. The fraction of sp³-hybridized carbons (Fsp3) is 0.696. The molecule has 3 atom stereocenters. The molecule has 35 heavy (non-hydrogen) atoms. The van der Waals surface area contributed by atoms with E-state index >= 15 is 0 Å². The van der Waals surface area contributed by atoms with Gasteiger partial charge in [-0.3, -0.25) is 19.4 Å². The second kappa shape index (κ2) is 15.7. The van der Waals surface area contributed by atoms with Gasteiger partial charge in [-0.2, -0.15) is 0 Å². The van der Waals surface area contributed by atoms with Crippen LogP contribution in [0.1, 0.15) is 60.3 Å². The molecule has 1 amide bonds. The molecule has 0 aromatic heterocycles. The van der Waals surface area contributed by atoms with Crippen molar-refractivity contribution in [2.45, 2.75) is 84.6 Å². The van der Waals surface area contributed by atoms with Gasteiger partial charge in [-0.25, -0.2) is 4.79 Å². The van der Waals surface area contributed by atoms with Gasteiger partial charge in [0.05, 0.1) is 43.9 Å². The monoisotopic (exact) mass is 498 g/mol. The Kier molecular flexibility index (Phi) is 13.4. The molecule has 4 N–H and O–H groups in total. The molecule has 12 nitrogen and oxygen atoms in total. The van der Waals surface area contributed by atoms with E-state index in [4.69, 9.17) is 19.9 Å². The Morgan fingerprint density at radius 1 is 1.09 bits per heavy atom. The summed E-state index contributed by atoms with van der Waals surface area (Å²) in [6.07, 6.45) is 2.68. The zero-order valence-corrected chi connectivity index (χ0v) is 21.1. The second-order valence-electron chi connectivity index (χ2n) is 7.92. The third kappa shape index (κ3) is 11.2. The summed E-state index contributed by atoms with van der Waals surface area (Å²) in [7, 11) is 0. The second-order valence-corrected chi connectivity index (χ2v) is 7.92. The van der Waals surface area contributed by atoms with Crippen LogP contribution in [-0.2, 0) is 38.1 Å². The van der Waals surface area contributed by atoms with E-state index in [9.17, 15) is 19.2 Å². The van der Waals surface area contributed by atoms with Crippen LogP contribution in [0, 0.1) is 0 Å². The lowest BCUT2D eigenvalue weighted by Gasteiger charge is -2.38. The van der Waals surface area contributed by atoms with Crippen molar-refractivity contribution in [1.82, 2.24) is 10.6 Å². The van der Waals surface area contributed by atoms with E-state index in [1.54, 1.807) is 13.0 Å². The number of hydrogen-bond donors (Lipinski definition) is 3. The standard InChI is InChI=1S/C23H38N4O8/c1-6-17(7-2)35-19-12-16(22(31)32-8-3)11-18(21(19)26-14(4)28)27-23(24)25-10-9-20(30)34-13-33-15(5)29/h12,17-19,21H,6-11,13H2,1-5H3,(H,26,28)(H3,24,25,27). The summed E-state index contributed by atoms with van der Waals surface area (Å²) in [5.74, 6) is -1.89. The Bertz CT molecular complexity index is 794. The topological polar surface area (TPSA) is 168 Å². The van der Waals surface area contributed by atoms with Gasteiger partial charge in [-0.1, -0.05) is 13.8 Å². The number of hydrogen-bond acceptors (Lipinski definition) is 9. The lowest BCUT2D eigenvalue weighted by Crippen LogP contribution is -2.60. The minimum Gasteiger partial charge on any atom is -0.463 e. The Hall–Kier alpha value is -3.15. The number of carbonyl (C=O) groups is 4. The molecule has 0 aromatic rings. The number of guanidine groups is 1. The van der Waals surface area contributed by atoms with Crippen LogP contribution in [0.15, 0.2) is 16.6 Å². The normalized spacial score (nSPS) is 20.0. The highest BCUT2D eigenvalue weighted by Crippen LogP contribution is 2.25. The molecule has 1 rings (SSSR count). The molecule has 1 aliphatic carbocycles. The average Bonchev–Trinajstić information content (AvgIpc) is 2.78. The molecule has 0 saturated carbocycles. The largest absolute Gasteiger partial charge is 0.463 e. The van der Waals surface area contributed by atoms with Crippen LogP contribution in [0.3, 0.4) is 0 Å². The van der Waals surface area contributed by atoms with Crippen LogP contribution in [0.4, 0.5) is 0 Å². The SMILES string of the molecule is CCOC(=O)C1=CC(OC(CC)CC)C(NC(C)=O)C(NC(N)=NCCC(=O)OCOC(C)=O)C1. The van der Waals surface area contributed by atoms with E-state index in [-0.39, 0.29) is 44.0 Å². The smallest absolute Gasteiger partial charge is 0.333 e. The van der Waals surface area contributed by atoms with E-state index in [0.29, 0.717) is 5.57 Å². The van der Waals surface area contributed by atoms with Gasteiger partial charge in [-0.15, -0.1) is 0 Å². The van der Waals surface area contributed by atoms with E-state index in [0.717, 1.165) is 12.8 Å². The lowest BCUT2D eigenvalue weighted by molar-refractivity contribution is -0.165. The van der Waals surface area contributed by atoms with Crippen LogP contribution in [0.2, 0.25) is 0 Å². The van der Waals surface area contributed by atoms with E-state index in [1.807, 2.05) is 13.8 Å². The molecular weight excluding hydrogens is 460 g/mol. The first kappa shape index (κ1) is 29.9. The maximum atomic E-state index is 12.5. The Balaban J connectivity index is 2.97. The van der Waals surface area contributed by atoms with Crippen LogP contribution < -0.4 is 16.4 Å². The third-order valence-corrected chi connectivity index (χ3v) is 5.17. The molecule has 0 fully saturated rings. The van der Waals surface area contributed by atoms with Gasteiger partial charge in [0, 0.05) is 25.8 Å². The van der Waals surface area contributed by atoms with E-state index in [1.165, 1.54) is 13.8 Å². The van der Waals surface area contributed by atoms with Crippen LogP contribution in [0.25, 0.3) is 0 Å². The molecule has 0 spiro atoms. The highest BCUT2D eigenvalue weighted by molar-refractivity contribution is 5.89. The van der Waals surface area contributed by atoms with Gasteiger partial charge in [-0.05, 0) is 25.8 Å². The van der Waals surface area contributed by atoms with Crippen molar-refractivity contribution in [3.8, 4) is 0 Å². The maximum absolute atomic E-state index is 12.5. The molecule has 198 valence electrons. The molecule has 0 heterocycles. The van der Waals surface area contributed by atoms with Crippen molar-refractivity contribution in [1.29, 1.82) is 0 Å². The molecule has 0 saturated heterocycles. The Morgan fingerprint density at radius 3 is 2.34 bits per heavy atom. The number of ether oxygens (including phenoxy) is 4. The molecule has 0 aliphatic heterocycles. The van der Waals surface area contributed by atoms with E-state index in [2.05, 4.69) is 20.4 Å². The highest BCUT2D eigenvalue weighted by atomic mass is 16.7. The minimum atomic E-state index is -0.609. The molecule has 0 bridgehead atoms. The van der Waals surface area contributed by atoms with Crippen molar-refractivity contribution in [3.63, 3.8) is 0 Å². The van der Waals surface area contributed by atoms with E-state index < -0.39 is 42.9 Å². The molecule has 12 heteroatoms. The van der Waals surface area contributed by atoms with Crippen LogP contribution >= 0.6 is 0 Å². The summed E-state index contributed by atoms with van der Waals surface area (Å²) in [6, 6.07) is -1.06. The Morgan fingerprint density at radius 2 is 1.77 bits per heavy atom. The number of rotatable bonds is 13. The maximum Gasteiger partial charge on any atom is 0.333 e. The summed E-state index contributed by atoms with van der Waals surface area (Å²) in [4.78, 5) is 51.0. The van der Waals surface area contributed by atoms with Crippen LogP contribution in [-0.4, -0.2) is 74.0 Å². The van der Waals surface area contributed by atoms with Crippen molar-refractivity contribution >= 4 is 29.8 Å². The number of nitrogens with zero attached hydrogens (tertiary/aromatic N) is 1. The Labute approximate surface area is 206 Å². The van der Waals surface area contributed by atoms with Gasteiger partial charge >= 0.3 is 17.9 Å². The molecule has 3 unspecified atom stereocenters. The van der Waals surface area contributed by atoms with Crippen LogP contribution in [0.5, 0.6) is 0 Å². The zero-order valence-electron chi connectivity index (χ0n) is 21.1. The molecule has 1 aliphatic rings. The molecular formula is C23H38N4O8. The van der Waals surface area contributed by atoms with Crippen molar-refractivity contribution in [3.05, 3.63) is 11.6 Å². The predicted molar refractivity (Wildman–Crippen MR) is 127 cm³/mol. The first-order valence-corrected chi connectivity index (χ1v) is 11.8. The van der Waals surface area contributed by atoms with Gasteiger partial charge in [0.2, 0.25) is 12.7 Å². The quantitative estimate of drug-likeness (QED) is 0.142. The number of esters is 3. The summed E-state index contributed by atoms with van der Waals surface area (Å²) in [5.41, 5.74) is 6.44. The van der Waals surface area contributed by atoms with Gasteiger partial charge in [0.25, 0.3) is 0 Å². The average molecular weight is 499 g/mol. The zero-order chi connectivity index (χ0) is 26.4. The lowest BCUT2D eigenvalue weighted by atomic mass is 9.87. The molecule has 0 aromatic carbocycles. The first-order chi connectivity index (χ1) is 16.6. The van der Waals surface area contributed by atoms with Gasteiger partial charge in [0.1, 0.15) is 0 Å². The third-order valence-electron chi connectivity index (χ3n) is 5.17. The predicted octanol–water partition coefficient (Wildman–Crippen LogP) is 0.685. The number of nitrogens with one attached hydrogen (secondary N) is 2. The summed E-state index contributed by atoms with van der Waals surface area (Å²) in [5, 5.41) is 5.92. The fourth-order valence-electron chi connectivity index (χ4n) is 3.48. The summed E-state index contributed by atoms with van der Waals surface area (Å²) in [6.45, 7) is 8.09. The highest BCUT2D eigenvalue weighted by Gasteiger charge is 2.38. The summed E-state index contributed by atoms with van der Waals surface area (Å²) < 4.78 is 20.7. The minimum absolute atomic E-state index is 0.0174.